The Bertz CT molecular complexity index is 1440. The van der Waals surface area contributed by atoms with Gasteiger partial charge in [-0.15, -0.1) is 0 Å². The lowest BCUT2D eigenvalue weighted by molar-refractivity contribution is 0.111. The number of benzene rings is 4. The second kappa shape index (κ2) is 14.8. The molecule has 4 aromatic carbocycles. The smallest absolute Gasteiger partial charge is 0.423 e. The van der Waals surface area contributed by atoms with Gasteiger partial charge in [-0.2, -0.15) is 0 Å². The molecule has 0 amide bonds. The van der Waals surface area contributed by atoms with E-state index in [2.05, 4.69) is 15.9 Å². The minimum atomic E-state index is -1.89. The fraction of sp³-hybridized carbons (Fsp3) is 0. The Labute approximate surface area is 233 Å². The summed E-state index contributed by atoms with van der Waals surface area (Å²) in [7, 11) is -1.89. The molecule has 4 aromatic rings. The fourth-order valence-corrected chi connectivity index (χ4v) is 3.60. The third-order valence-corrected chi connectivity index (χ3v) is 5.88. The van der Waals surface area contributed by atoms with Crippen molar-refractivity contribution < 1.29 is 37.2 Å². The molecule has 0 radical (unpaired) electrons. The Morgan fingerprint density at radius 2 is 1.16 bits per heavy atom. The Balaban J connectivity index is 0.000000211. The fourth-order valence-electron chi connectivity index (χ4n) is 2.90. The Morgan fingerprint density at radius 3 is 1.66 bits per heavy atom. The van der Waals surface area contributed by atoms with Gasteiger partial charge >= 0.3 is 7.12 Å². The molecular formula is C26H16BBrCl2F4O4. The molecule has 0 aliphatic heterocycles. The molecule has 0 atom stereocenters. The van der Waals surface area contributed by atoms with Gasteiger partial charge in [0, 0.05) is 48.8 Å². The molecule has 4 rings (SSSR count). The van der Waals surface area contributed by atoms with E-state index >= 15 is 0 Å². The monoisotopic (exact) mass is 628 g/mol. The van der Waals surface area contributed by atoms with Crippen molar-refractivity contribution >= 4 is 64.3 Å². The van der Waals surface area contributed by atoms with Crippen LogP contribution in [0.5, 0.6) is 0 Å². The molecule has 0 unspecified atom stereocenters. The van der Waals surface area contributed by atoms with E-state index in [-0.39, 0.29) is 16.6 Å². The van der Waals surface area contributed by atoms with Gasteiger partial charge < -0.3 is 10.0 Å². The van der Waals surface area contributed by atoms with Gasteiger partial charge in [0.1, 0.15) is 23.3 Å². The van der Waals surface area contributed by atoms with E-state index in [1.165, 1.54) is 18.2 Å². The van der Waals surface area contributed by atoms with Gasteiger partial charge in [-0.1, -0.05) is 51.3 Å². The third kappa shape index (κ3) is 9.07. The number of carbonyl (C=O) groups excluding carboxylic acids is 2. The zero-order valence-electron chi connectivity index (χ0n) is 19.0. The summed E-state index contributed by atoms with van der Waals surface area (Å²) in [6.45, 7) is 0. The normalized spacial score (nSPS) is 9.92. The highest BCUT2D eigenvalue weighted by Crippen LogP contribution is 2.28. The number of carbonyl (C=O) groups is 2. The average molecular weight is 630 g/mol. The first-order valence-electron chi connectivity index (χ1n) is 10.4. The van der Waals surface area contributed by atoms with Gasteiger partial charge in [0.15, 0.2) is 12.6 Å². The van der Waals surface area contributed by atoms with Gasteiger partial charge in [-0.05, 0) is 54.1 Å². The van der Waals surface area contributed by atoms with Gasteiger partial charge in [0.25, 0.3) is 0 Å². The summed E-state index contributed by atoms with van der Waals surface area (Å²) < 4.78 is 51.9. The molecule has 0 saturated carbocycles. The summed E-state index contributed by atoms with van der Waals surface area (Å²) >= 11 is 14.6. The van der Waals surface area contributed by atoms with Crippen LogP contribution in [-0.2, 0) is 0 Å². The van der Waals surface area contributed by atoms with Crippen LogP contribution in [0.3, 0.4) is 0 Å². The van der Waals surface area contributed by atoms with Crippen molar-refractivity contribution in [3.05, 3.63) is 122 Å². The van der Waals surface area contributed by atoms with Crippen LogP contribution in [0.15, 0.2) is 77.3 Å². The van der Waals surface area contributed by atoms with E-state index in [4.69, 9.17) is 33.2 Å². The van der Waals surface area contributed by atoms with Crippen LogP contribution in [0, 0.1) is 23.3 Å². The van der Waals surface area contributed by atoms with Crippen molar-refractivity contribution in [3.63, 3.8) is 0 Å². The third-order valence-electron chi connectivity index (χ3n) is 4.69. The maximum Gasteiger partial charge on any atom is 0.491 e. The lowest BCUT2D eigenvalue weighted by Crippen LogP contribution is -2.32. The molecule has 38 heavy (non-hydrogen) atoms. The first-order valence-corrected chi connectivity index (χ1v) is 11.9. The summed E-state index contributed by atoms with van der Waals surface area (Å²) in [6.07, 6.45) is 1.35. The molecule has 0 bridgehead atoms. The minimum absolute atomic E-state index is 0.171. The number of hydrogen-bond donors (Lipinski definition) is 2. The molecule has 0 heterocycles. The van der Waals surface area contributed by atoms with Crippen molar-refractivity contribution in [2.24, 2.45) is 0 Å². The standard InChI is InChI=1S/C13H7ClF2O.C7H4BrClO.C6H5BF2O2/c14-9-1-3-11(8(5-9)7-17)12-4-2-10(15)6-13(12)16;8-7-2-1-6(9)3-5(7)4-10;8-4-1-2-5(7(10)11)6(9)3-4/h1-7H;1-4H;1-3,10-11H. The Morgan fingerprint density at radius 1 is 0.658 bits per heavy atom. The van der Waals surface area contributed by atoms with Gasteiger partial charge in [-0.3, -0.25) is 9.59 Å². The topological polar surface area (TPSA) is 74.6 Å². The van der Waals surface area contributed by atoms with Crippen LogP contribution in [0.25, 0.3) is 11.1 Å². The number of aldehydes is 2. The van der Waals surface area contributed by atoms with Gasteiger partial charge in [-0.25, -0.2) is 17.6 Å². The molecule has 4 nitrogen and oxygen atoms in total. The number of halogens is 7. The first kappa shape index (κ1) is 31.2. The Hall–Kier alpha value is -3.02. The van der Waals surface area contributed by atoms with Crippen molar-refractivity contribution in [3.8, 4) is 11.1 Å². The lowest BCUT2D eigenvalue weighted by Gasteiger charge is -2.06. The summed E-state index contributed by atoms with van der Waals surface area (Å²) in [5.41, 5.74) is 1.08. The van der Waals surface area contributed by atoms with E-state index in [1.54, 1.807) is 24.3 Å². The highest BCUT2D eigenvalue weighted by atomic mass is 79.9. The van der Waals surface area contributed by atoms with Crippen molar-refractivity contribution in [2.75, 3.05) is 0 Å². The Kier molecular flexibility index (Phi) is 12.2. The van der Waals surface area contributed by atoms with Crippen molar-refractivity contribution in [1.82, 2.24) is 0 Å². The largest absolute Gasteiger partial charge is 0.491 e. The summed E-state index contributed by atoms with van der Waals surface area (Å²) in [5.74, 6) is -3.07. The molecule has 0 spiro atoms. The molecule has 12 heteroatoms. The second-order valence-corrected chi connectivity index (χ2v) is 9.02. The van der Waals surface area contributed by atoms with Crippen LogP contribution >= 0.6 is 39.1 Å². The van der Waals surface area contributed by atoms with E-state index < -0.39 is 30.4 Å². The molecule has 196 valence electrons. The molecule has 0 saturated heterocycles. The van der Waals surface area contributed by atoms with Crippen LogP contribution in [0.2, 0.25) is 10.0 Å². The molecule has 0 fully saturated rings. The van der Waals surface area contributed by atoms with Gasteiger partial charge in [0.05, 0.1) is 0 Å². The summed E-state index contributed by atoms with van der Waals surface area (Å²) in [4.78, 5) is 21.2. The number of hydrogen-bond acceptors (Lipinski definition) is 4. The van der Waals surface area contributed by atoms with Crippen LogP contribution in [0.1, 0.15) is 20.7 Å². The highest BCUT2D eigenvalue weighted by molar-refractivity contribution is 9.10. The van der Waals surface area contributed by atoms with E-state index in [9.17, 15) is 27.2 Å². The van der Waals surface area contributed by atoms with E-state index in [1.807, 2.05) is 0 Å². The number of rotatable bonds is 4. The van der Waals surface area contributed by atoms with Crippen molar-refractivity contribution in [1.29, 1.82) is 0 Å². The molecule has 0 aromatic heterocycles. The quantitative estimate of drug-likeness (QED) is 0.151. The predicted molar refractivity (Wildman–Crippen MR) is 143 cm³/mol. The molecule has 0 aliphatic rings. The van der Waals surface area contributed by atoms with Crippen molar-refractivity contribution in [2.45, 2.75) is 0 Å². The average Bonchev–Trinajstić information content (AvgIpc) is 2.86. The lowest BCUT2D eigenvalue weighted by atomic mass is 9.80. The van der Waals surface area contributed by atoms with E-state index in [0.29, 0.717) is 33.5 Å². The maximum atomic E-state index is 13.6. The maximum absolute atomic E-state index is 13.6. The summed E-state index contributed by atoms with van der Waals surface area (Å²) in [5, 5.41) is 17.9. The summed E-state index contributed by atoms with van der Waals surface area (Å²) in [6, 6.07) is 15.3. The van der Waals surface area contributed by atoms with Crippen LogP contribution < -0.4 is 5.46 Å². The predicted octanol–water partition coefficient (Wildman–Crippen LogP) is 6.66. The molecule has 0 aliphatic carbocycles. The zero-order chi connectivity index (χ0) is 28.4. The van der Waals surface area contributed by atoms with Crippen LogP contribution in [0.4, 0.5) is 17.6 Å². The van der Waals surface area contributed by atoms with Gasteiger partial charge in [0.2, 0.25) is 0 Å². The molecular weight excluding hydrogens is 614 g/mol. The van der Waals surface area contributed by atoms with E-state index in [0.717, 1.165) is 35.0 Å². The first-order chi connectivity index (χ1) is 18.0. The molecule has 2 N–H and O–H groups in total. The highest BCUT2D eigenvalue weighted by Gasteiger charge is 2.16. The van der Waals surface area contributed by atoms with Crippen LogP contribution in [-0.4, -0.2) is 29.7 Å². The second-order valence-electron chi connectivity index (χ2n) is 7.30. The SMILES string of the molecule is O=Cc1cc(Cl)ccc1-c1ccc(F)cc1F.O=Cc1cc(Cl)ccc1Br.OB(O)c1ccc(F)cc1F. The zero-order valence-corrected chi connectivity index (χ0v) is 22.1. The minimum Gasteiger partial charge on any atom is -0.423 e.